The Morgan fingerprint density at radius 3 is 2.36 bits per heavy atom. The number of halogens is 1. The van der Waals surface area contributed by atoms with Crippen molar-refractivity contribution in [3.8, 4) is 16.9 Å². The van der Waals surface area contributed by atoms with Gasteiger partial charge in [-0.2, -0.15) is 5.10 Å². The second kappa shape index (κ2) is 20.5. The van der Waals surface area contributed by atoms with E-state index in [1.54, 1.807) is 16.8 Å². The lowest BCUT2D eigenvalue weighted by Gasteiger charge is -2.27. The Labute approximate surface area is 392 Å². The molecular weight excluding hydrogens is 904 g/mol. The lowest BCUT2D eigenvalue weighted by molar-refractivity contribution is -0.136. The fraction of sp³-hybridized carbons (Fsp3) is 0.383. The summed E-state index contributed by atoms with van der Waals surface area (Å²) in [4.78, 5) is 81.0. The number of carbonyl (C=O) groups excluding carboxylic acids is 6. The molecule has 1 saturated heterocycles. The molecule has 2 aliphatic rings. The monoisotopic (exact) mass is 956 g/mol. The van der Waals surface area contributed by atoms with Gasteiger partial charge in [0.05, 0.1) is 41.3 Å². The second-order valence-electron chi connectivity index (χ2n) is 16.6. The number of piperidine rings is 1. The molecule has 7 rings (SSSR count). The Morgan fingerprint density at radius 2 is 1.64 bits per heavy atom. The minimum absolute atomic E-state index is 0.0181. The maximum atomic E-state index is 13.9. The standard InChI is InChI=1S/C47H53ClN8O10S/c1-26-24-30(25-27(2)41(26)48)66-21-8-13-32-31-10-6-11-33(39-28(3)53-55(5)29(39)4)42(31)52-43(32)45(60)54-67(63,64)23-19-50-37(57)15-9-20-65-22-18-49-35-14-7-12-34-40(35)47(62)56(46(34)61)36-16-17-38(58)51-44(36)59/h6-7,10-12,14,24-25,36,49,52H,8-9,13,15-23H2,1-5H3,(H,50,57)(H,54,60)(H,51,58,59). The molecule has 5 N–H and O–H groups in total. The molecule has 0 aliphatic carbocycles. The van der Waals surface area contributed by atoms with E-state index in [1.165, 1.54) is 6.07 Å². The van der Waals surface area contributed by atoms with E-state index in [0.717, 1.165) is 43.9 Å². The van der Waals surface area contributed by atoms with E-state index in [9.17, 15) is 37.2 Å². The van der Waals surface area contributed by atoms with Crippen molar-refractivity contribution in [1.29, 1.82) is 0 Å². The first-order valence-electron chi connectivity index (χ1n) is 22.0. The first kappa shape index (κ1) is 48.4. The van der Waals surface area contributed by atoms with Crippen LogP contribution in [0.15, 0.2) is 48.5 Å². The Morgan fingerprint density at radius 1 is 0.910 bits per heavy atom. The average molecular weight is 958 g/mol. The quantitative estimate of drug-likeness (QED) is 0.0515. The van der Waals surface area contributed by atoms with Gasteiger partial charge < -0.3 is 25.1 Å². The van der Waals surface area contributed by atoms with E-state index in [-0.39, 0.29) is 62.4 Å². The summed E-state index contributed by atoms with van der Waals surface area (Å²) in [7, 11) is -2.34. The molecule has 6 amide bonds. The van der Waals surface area contributed by atoms with Crippen molar-refractivity contribution in [2.75, 3.05) is 44.0 Å². The van der Waals surface area contributed by atoms with Gasteiger partial charge in [-0.05, 0) is 94.3 Å². The maximum Gasteiger partial charge on any atom is 0.281 e. The second-order valence-corrected chi connectivity index (χ2v) is 18.8. The third-order valence-electron chi connectivity index (χ3n) is 11.9. The van der Waals surface area contributed by atoms with Crippen molar-refractivity contribution in [2.24, 2.45) is 7.05 Å². The van der Waals surface area contributed by atoms with Crippen LogP contribution in [0.2, 0.25) is 5.02 Å². The van der Waals surface area contributed by atoms with E-state index in [0.29, 0.717) is 53.4 Å². The molecular formula is C47H53ClN8O10S. The Hall–Kier alpha value is -6.57. The average Bonchev–Trinajstić information content (AvgIpc) is 3.87. The summed E-state index contributed by atoms with van der Waals surface area (Å²) >= 11 is 6.34. The van der Waals surface area contributed by atoms with Crippen molar-refractivity contribution in [3.05, 3.63) is 98.5 Å². The summed E-state index contributed by atoms with van der Waals surface area (Å²) < 4.78 is 42.2. The fourth-order valence-electron chi connectivity index (χ4n) is 8.54. The van der Waals surface area contributed by atoms with E-state index in [4.69, 9.17) is 21.1 Å². The van der Waals surface area contributed by atoms with Gasteiger partial charge in [0, 0.05) is 72.5 Å². The number of hydrogen-bond acceptors (Lipinski definition) is 12. The van der Waals surface area contributed by atoms with Gasteiger partial charge in [0.1, 0.15) is 17.5 Å². The topological polar surface area (TPSA) is 240 Å². The number of fused-ring (bicyclic) bond motifs is 2. The number of carbonyl (C=O) groups is 6. The predicted octanol–water partition coefficient (Wildman–Crippen LogP) is 4.95. The van der Waals surface area contributed by atoms with Crippen LogP contribution < -0.4 is 25.4 Å². The number of anilines is 1. The zero-order valence-electron chi connectivity index (χ0n) is 37.9. The lowest BCUT2D eigenvalue weighted by atomic mass is 9.98. The molecule has 3 aromatic carbocycles. The number of nitrogens with zero attached hydrogens (tertiary/aromatic N) is 3. The molecule has 0 spiro atoms. The largest absolute Gasteiger partial charge is 0.494 e. The SMILES string of the molecule is Cc1cc(OCCCc2c(C(=O)NS(=O)(=O)CCNC(=O)CCCOCCNc3cccc4c3C(=O)N(C3CCC(=O)NC3=O)C4=O)[nH]c3c(-c4c(C)nn(C)c4C)cccc23)cc(C)c1Cl. The molecule has 5 aromatic rings. The predicted molar refractivity (Wildman–Crippen MR) is 251 cm³/mol. The van der Waals surface area contributed by atoms with Gasteiger partial charge in [0.15, 0.2) is 0 Å². The Balaban J connectivity index is 0.887. The summed E-state index contributed by atoms with van der Waals surface area (Å²) in [5, 5.41) is 13.9. The molecule has 4 heterocycles. The van der Waals surface area contributed by atoms with E-state index < -0.39 is 57.3 Å². The molecule has 2 aromatic heterocycles. The number of aryl methyl sites for hydroxylation is 5. The first-order valence-corrected chi connectivity index (χ1v) is 24.0. The summed E-state index contributed by atoms with van der Waals surface area (Å²) in [5.74, 6) is -3.47. The summed E-state index contributed by atoms with van der Waals surface area (Å²) in [5.41, 5.74) is 7.34. The molecule has 0 saturated carbocycles. The van der Waals surface area contributed by atoms with Crippen molar-refractivity contribution >= 4 is 73.7 Å². The van der Waals surface area contributed by atoms with Crippen LogP contribution in [0, 0.1) is 27.7 Å². The summed E-state index contributed by atoms with van der Waals surface area (Å²) in [6, 6.07) is 13.1. The van der Waals surface area contributed by atoms with Crippen LogP contribution in [-0.2, 0) is 42.6 Å². The van der Waals surface area contributed by atoms with Gasteiger partial charge in [0.25, 0.3) is 17.7 Å². The molecule has 1 unspecified atom stereocenters. The number of rotatable bonds is 20. The zero-order chi connectivity index (χ0) is 48.2. The maximum absolute atomic E-state index is 13.9. The van der Waals surface area contributed by atoms with Crippen molar-refractivity contribution in [3.63, 3.8) is 0 Å². The van der Waals surface area contributed by atoms with Crippen LogP contribution in [0.25, 0.3) is 22.0 Å². The molecule has 20 heteroatoms. The minimum atomic E-state index is -4.19. The van der Waals surface area contributed by atoms with Crippen LogP contribution in [0.3, 0.4) is 0 Å². The number of imide groups is 2. The first-order chi connectivity index (χ1) is 32.0. The fourth-order valence-corrected chi connectivity index (χ4v) is 9.51. The van der Waals surface area contributed by atoms with Gasteiger partial charge >= 0.3 is 0 Å². The lowest BCUT2D eigenvalue weighted by Crippen LogP contribution is -2.54. The van der Waals surface area contributed by atoms with Gasteiger partial charge in [0.2, 0.25) is 27.7 Å². The number of nitrogens with one attached hydrogen (secondary N) is 5. The van der Waals surface area contributed by atoms with E-state index >= 15 is 0 Å². The minimum Gasteiger partial charge on any atom is -0.494 e. The Bertz CT molecular complexity index is 2890. The van der Waals surface area contributed by atoms with Crippen LogP contribution in [-0.4, -0.2) is 108 Å². The number of ether oxygens (including phenoxy) is 2. The van der Waals surface area contributed by atoms with Crippen LogP contribution >= 0.6 is 11.6 Å². The van der Waals surface area contributed by atoms with Crippen molar-refractivity contribution in [1.82, 2.24) is 35.0 Å². The van der Waals surface area contributed by atoms with E-state index in [1.807, 2.05) is 65.1 Å². The molecule has 67 heavy (non-hydrogen) atoms. The number of para-hydroxylation sites is 1. The van der Waals surface area contributed by atoms with Gasteiger partial charge in [-0.25, -0.2) is 13.1 Å². The molecule has 0 bridgehead atoms. The number of hydrogen-bond donors (Lipinski definition) is 5. The van der Waals surface area contributed by atoms with E-state index in [2.05, 4.69) is 30.8 Å². The smallest absolute Gasteiger partial charge is 0.281 e. The number of H-pyrrole nitrogens is 1. The molecule has 0 radical (unpaired) electrons. The highest BCUT2D eigenvalue weighted by Crippen LogP contribution is 2.36. The highest BCUT2D eigenvalue weighted by atomic mass is 35.5. The molecule has 1 fully saturated rings. The normalized spacial score (nSPS) is 15.0. The zero-order valence-corrected chi connectivity index (χ0v) is 39.5. The molecule has 2 aliphatic heterocycles. The number of benzene rings is 3. The number of aromatic nitrogens is 3. The molecule has 1 atom stereocenters. The van der Waals surface area contributed by atoms with Crippen molar-refractivity contribution in [2.45, 2.75) is 72.3 Å². The van der Waals surface area contributed by atoms with Gasteiger partial charge in [-0.3, -0.25) is 43.7 Å². The Kier molecular flexibility index (Phi) is 14.8. The van der Waals surface area contributed by atoms with Crippen LogP contribution in [0.5, 0.6) is 5.75 Å². The highest BCUT2D eigenvalue weighted by molar-refractivity contribution is 7.90. The number of amides is 6. The summed E-state index contributed by atoms with van der Waals surface area (Å²) in [6.45, 7) is 8.44. The van der Waals surface area contributed by atoms with Gasteiger partial charge in [-0.1, -0.05) is 35.9 Å². The van der Waals surface area contributed by atoms with Gasteiger partial charge in [-0.15, -0.1) is 0 Å². The number of sulfonamides is 1. The van der Waals surface area contributed by atoms with Crippen LogP contribution in [0.1, 0.15) is 91.4 Å². The number of aromatic amines is 1. The molecule has 18 nitrogen and oxygen atoms in total. The third kappa shape index (κ3) is 10.7. The summed E-state index contributed by atoms with van der Waals surface area (Å²) in [6.07, 6.45) is 1.36. The van der Waals surface area contributed by atoms with Crippen molar-refractivity contribution < 1.29 is 46.7 Å². The van der Waals surface area contributed by atoms with Crippen LogP contribution in [0.4, 0.5) is 5.69 Å². The highest BCUT2D eigenvalue weighted by Gasteiger charge is 2.45. The molecule has 354 valence electrons. The third-order valence-corrected chi connectivity index (χ3v) is 13.7.